The predicted octanol–water partition coefficient (Wildman–Crippen LogP) is 5.20. The molecule has 0 amide bonds. The number of hydrogen-bond donors (Lipinski definition) is 1. The van der Waals surface area contributed by atoms with Crippen LogP contribution in [0.4, 0.5) is 0 Å². The van der Waals surface area contributed by atoms with E-state index in [1.54, 1.807) is 0 Å². The van der Waals surface area contributed by atoms with Gasteiger partial charge in [0.1, 0.15) is 0 Å². The van der Waals surface area contributed by atoms with Gasteiger partial charge in [0.15, 0.2) is 0 Å². The minimum atomic E-state index is -0.275. The Labute approximate surface area is 118 Å². The van der Waals surface area contributed by atoms with Gasteiger partial charge in [-0.3, -0.25) is 0 Å². The third kappa shape index (κ3) is 4.35. The lowest BCUT2D eigenvalue weighted by atomic mass is 9.85. The molecular formula is C18H28O. The van der Waals surface area contributed by atoms with Gasteiger partial charge in [-0.1, -0.05) is 70.2 Å². The van der Waals surface area contributed by atoms with Gasteiger partial charge < -0.3 is 5.11 Å². The molecule has 0 saturated heterocycles. The van der Waals surface area contributed by atoms with Crippen molar-refractivity contribution >= 4 is 0 Å². The number of rotatable bonds is 5. The van der Waals surface area contributed by atoms with E-state index in [0.717, 1.165) is 17.9 Å². The van der Waals surface area contributed by atoms with Crippen molar-refractivity contribution in [1.82, 2.24) is 0 Å². The molecule has 0 spiro atoms. The Morgan fingerprint density at radius 2 is 1.58 bits per heavy atom. The van der Waals surface area contributed by atoms with Crippen molar-refractivity contribution in [2.75, 3.05) is 0 Å². The van der Waals surface area contributed by atoms with Gasteiger partial charge in [-0.2, -0.15) is 0 Å². The average Bonchev–Trinajstić information content (AvgIpc) is 2.46. The maximum atomic E-state index is 10.3. The largest absolute Gasteiger partial charge is 0.388 e. The molecule has 0 bridgehead atoms. The quantitative estimate of drug-likeness (QED) is 0.771. The van der Waals surface area contributed by atoms with E-state index in [1.165, 1.54) is 44.1 Å². The van der Waals surface area contributed by atoms with Crippen LogP contribution in [-0.2, 0) is 0 Å². The lowest BCUT2D eigenvalue weighted by Gasteiger charge is -2.22. The molecule has 1 aromatic carbocycles. The van der Waals surface area contributed by atoms with Crippen LogP contribution in [0.25, 0.3) is 0 Å². The summed E-state index contributed by atoms with van der Waals surface area (Å²) < 4.78 is 0. The molecule has 0 radical (unpaired) electrons. The van der Waals surface area contributed by atoms with Crippen LogP contribution in [0.2, 0.25) is 0 Å². The first-order chi connectivity index (χ1) is 9.16. The molecule has 1 saturated carbocycles. The van der Waals surface area contributed by atoms with Crippen LogP contribution < -0.4 is 0 Å². The molecule has 1 fully saturated rings. The van der Waals surface area contributed by atoms with Crippen molar-refractivity contribution in [2.24, 2.45) is 5.92 Å². The Balaban J connectivity index is 1.83. The SMILES string of the molecule is CC(C)c1ccc(C(O)CCC2CCCCC2)cc1. The van der Waals surface area contributed by atoms with Crippen LogP contribution in [0, 0.1) is 5.92 Å². The molecule has 0 aliphatic heterocycles. The second-order valence-electron chi connectivity index (χ2n) is 6.42. The number of hydrogen-bond acceptors (Lipinski definition) is 1. The van der Waals surface area contributed by atoms with Gasteiger partial charge in [-0.05, 0) is 35.8 Å². The molecule has 1 aliphatic carbocycles. The first-order valence-corrected chi connectivity index (χ1v) is 7.94. The molecule has 0 aromatic heterocycles. The van der Waals surface area contributed by atoms with E-state index in [0.29, 0.717) is 5.92 Å². The zero-order chi connectivity index (χ0) is 13.7. The third-order valence-corrected chi connectivity index (χ3v) is 4.56. The smallest absolute Gasteiger partial charge is 0.0790 e. The van der Waals surface area contributed by atoms with Crippen molar-refractivity contribution in [3.63, 3.8) is 0 Å². The minimum Gasteiger partial charge on any atom is -0.388 e. The van der Waals surface area contributed by atoms with Gasteiger partial charge in [-0.15, -0.1) is 0 Å². The molecule has 1 heteroatoms. The predicted molar refractivity (Wildman–Crippen MR) is 81.3 cm³/mol. The lowest BCUT2D eigenvalue weighted by Crippen LogP contribution is -2.08. The Kier molecular flexibility index (Phi) is 5.45. The first-order valence-electron chi connectivity index (χ1n) is 7.94. The van der Waals surface area contributed by atoms with Crippen LogP contribution in [0.1, 0.15) is 81.9 Å². The summed E-state index contributed by atoms with van der Waals surface area (Å²) in [5.41, 5.74) is 2.43. The Hall–Kier alpha value is -0.820. The summed E-state index contributed by atoms with van der Waals surface area (Å²) in [4.78, 5) is 0. The van der Waals surface area contributed by atoms with E-state index in [-0.39, 0.29) is 6.10 Å². The molecule has 2 rings (SSSR count). The normalized spacial score (nSPS) is 18.7. The number of aliphatic hydroxyl groups excluding tert-OH is 1. The monoisotopic (exact) mass is 260 g/mol. The standard InChI is InChI=1S/C18H28O/c1-14(2)16-9-11-17(12-10-16)18(19)13-8-15-6-4-3-5-7-15/h9-12,14-15,18-19H,3-8,13H2,1-2H3. The highest BCUT2D eigenvalue weighted by Gasteiger charge is 2.16. The first kappa shape index (κ1) is 14.6. The summed E-state index contributed by atoms with van der Waals surface area (Å²) >= 11 is 0. The van der Waals surface area contributed by atoms with Gasteiger partial charge in [0.05, 0.1) is 6.10 Å². The zero-order valence-electron chi connectivity index (χ0n) is 12.4. The zero-order valence-corrected chi connectivity index (χ0v) is 12.4. The summed E-state index contributed by atoms with van der Waals surface area (Å²) in [5, 5.41) is 10.3. The highest BCUT2D eigenvalue weighted by molar-refractivity contribution is 5.26. The fraction of sp³-hybridized carbons (Fsp3) is 0.667. The van der Waals surface area contributed by atoms with E-state index in [9.17, 15) is 5.11 Å². The summed E-state index contributed by atoms with van der Waals surface area (Å²) in [7, 11) is 0. The summed E-state index contributed by atoms with van der Waals surface area (Å²) in [5.74, 6) is 1.42. The highest BCUT2D eigenvalue weighted by Crippen LogP contribution is 2.30. The Morgan fingerprint density at radius 1 is 1.00 bits per heavy atom. The number of aliphatic hydroxyl groups is 1. The van der Waals surface area contributed by atoms with Crippen molar-refractivity contribution < 1.29 is 5.11 Å². The minimum absolute atomic E-state index is 0.275. The van der Waals surface area contributed by atoms with Crippen LogP contribution in [0.3, 0.4) is 0 Å². The van der Waals surface area contributed by atoms with Gasteiger partial charge in [-0.25, -0.2) is 0 Å². The van der Waals surface area contributed by atoms with E-state index in [1.807, 2.05) is 0 Å². The van der Waals surface area contributed by atoms with Gasteiger partial charge in [0, 0.05) is 0 Å². The summed E-state index contributed by atoms with van der Waals surface area (Å²) in [6, 6.07) is 8.51. The number of benzene rings is 1. The van der Waals surface area contributed by atoms with E-state index in [2.05, 4.69) is 38.1 Å². The maximum absolute atomic E-state index is 10.3. The van der Waals surface area contributed by atoms with Crippen LogP contribution in [-0.4, -0.2) is 5.11 Å². The Morgan fingerprint density at radius 3 is 2.16 bits per heavy atom. The lowest BCUT2D eigenvalue weighted by molar-refractivity contribution is 0.151. The summed E-state index contributed by atoms with van der Waals surface area (Å²) in [6.45, 7) is 4.41. The molecule has 1 atom stereocenters. The van der Waals surface area contributed by atoms with Gasteiger partial charge in [0.25, 0.3) is 0 Å². The molecule has 1 nitrogen and oxygen atoms in total. The molecule has 1 N–H and O–H groups in total. The fourth-order valence-electron chi connectivity index (χ4n) is 3.14. The van der Waals surface area contributed by atoms with Gasteiger partial charge in [0.2, 0.25) is 0 Å². The highest BCUT2D eigenvalue weighted by atomic mass is 16.3. The molecule has 1 unspecified atom stereocenters. The average molecular weight is 260 g/mol. The molecule has 0 heterocycles. The van der Waals surface area contributed by atoms with E-state index < -0.39 is 0 Å². The van der Waals surface area contributed by atoms with Crippen molar-refractivity contribution in [2.45, 2.75) is 70.8 Å². The van der Waals surface area contributed by atoms with E-state index in [4.69, 9.17) is 0 Å². The second kappa shape index (κ2) is 7.09. The van der Waals surface area contributed by atoms with Gasteiger partial charge >= 0.3 is 0 Å². The molecule has 19 heavy (non-hydrogen) atoms. The van der Waals surface area contributed by atoms with Crippen LogP contribution in [0.5, 0.6) is 0 Å². The summed E-state index contributed by atoms with van der Waals surface area (Å²) in [6.07, 6.45) is 8.78. The van der Waals surface area contributed by atoms with Crippen LogP contribution in [0.15, 0.2) is 24.3 Å². The maximum Gasteiger partial charge on any atom is 0.0790 e. The topological polar surface area (TPSA) is 20.2 Å². The fourth-order valence-corrected chi connectivity index (χ4v) is 3.14. The van der Waals surface area contributed by atoms with Crippen LogP contribution >= 0.6 is 0 Å². The molecule has 106 valence electrons. The van der Waals surface area contributed by atoms with Crippen molar-refractivity contribution in [3.05, 3.63) is 35.4 Å². The molecule has 1 aromatic rings. The third-order valence-electron chi connectivity index (χ3n) is 4.56. The molecular weight excluding hydrogens is 232 g/mol. The Bertz CT molecular complexity index is 360. The van der Waals surface area contributed by atoms with Crippen molar-refractivity contribution in [3.8, 4) is 0 Å². The van der Waals surface area contributed by atoms with Crippen molar-refractivity contribution in [1.29, 1.82) is 0 Å². The molecule has 1 aliphatic rings. The second-order valence-corrected chi connectivity index (χ2v) is 6.42. The van der Waals surface area contributed by atoms with E-state index >= 15 is 0 Å².